The van der Waals surface area contributed by atoms with Crippen LogP contribution in [-0.4, -0.2) is 62.2 Å². The Kier molecular flexibility index (Phi) is 2.12. The monoisotopic (exact) mass is 209 g/mol. The van der Waals surface area contributed by atoms with Crippen molar-refractivity contribution in [1.82, 2.24) is 9.80 Å². The minimum absolute atomic E-state index is 0.462. The predicted octanol–water partition coefficient (Wildman–Crippen LogP) is 0.400. The smallest absolute Gasteiger partial charge is 0.196 e. The van der Waals surface area contributed by atoms with Crippen molar-refractivity contribution >= 4 is 5.96 Å². The van der Waals surface area contributed by atoms with E-state index < -0.39 is 0 Å². The quantitative estimate of drug-likeness (QED) is 0.578. The Labute approximate surface area is 90.9 Å². The molecule has 1 spiro atoms. The van der Waals surface area contributed by atoms with Crippen molar-refractivity contribution in [2.75, 3.05) is 46.4 Å². The first-order valence-electron chi connectivity index (χ1n) is 5.87. The second-order valence-electron chi connectivity index (χ2n) is 5.12. The predicted molar refractivity (Wildman–Crippen MR) is 59.0 cm³/mol. The minimum Gasteiger partial charge on any atom is -0.380 e. The first-order chi connectivity index (χ1) is 7.29. The third kappa shape index (κ3) is 1.51. The van der Waals surface area contributed by atoms with Gasteiger partial charge in [-0.1, -0.05) is 0 Å². The van der Waals surface area contributed by atoms with Crippen molar-refractivity contribution in [2.45, 2.75) is 12.8 Å². The Morgan fingerprint density at radius 3 is 2.80 bits per heavy atom. The molecule has 0 unspecified atom stereocenters. The average Bonchev–Trinajstić information content (AvgIpc) is 2.62. The van der Waals surface area contributed by atoms with E-state index in [0.29, 0.717) is 5.41 Å². The van der Waals surface area contributed by atoms with E-state index in [4.69, 9.17) is 4.74 Å². The molecule has 3 heterocycles. The molecule has 4 heteroatoms. The van der Waals surface area contributed by atoms with Crippen LogP contribution >= 0.6 is 0 Å². The summed E-state index contributed by atoms with van der Waals surface area (Å²) in [4.78, 5) is 9.33. The van der Waals surface area contributed by atoms with Crippen molar-refractivity contribution in [3.05, 3.63) is 0 Å². The van der Waals surface area contributed by atoms with Crippen LogP contribution in [0.3, 0.4) is 0 Å². The third-order valence-electron chi connectivity index (χ3n) is 3.79. The summed E-state index contributed by atoms with van der Waals surface area (Å²) in [6, 6.07) is 0. The van der Waals surface area contributed by atoms with Crippen LogP contribution in [0.4, 0.5) is 0 Å². The molecule has 3 aliphatic heterocycles. The summed E-state index contributed by atoms with van der Waals surface area (Å²) in [6.07, 6.45) is 2.62. The molecule has 2 fully saturated rings. The summed E-state index contributed by atoms with van der Waals surface area (Å²) in [7, 11) is 2.14. The van der Waals surface area contributed by atoms with Crippen LogP contribution in [-0.2, 0) is 4.74 Å². The number of nitrogens with zero attached hydrogens (tertiary/aromatic N) is 3. The summed E-state index contributed by atoms with van der Waals surface area (Å²) in [5, 5.41) is 0. The number of hydrogen-bond acceptors (Lipinski definition) is 4. The molecule has 0 N–H and O–H groups in total. The first-order valence-corrected chi connectivity index (χ1v) is 5.87. The van der Waals surface area contributed by atoms with E-state index in [0.717, 1.165) is 32.8 Å². The summed E-state index contributed by atoms with van der Waals surface area (Å²) in [5.74, 6) is 1.21. The molecule has 0 bridgehead atoms. The van der Waals surface area contributed by atoms with E-state index in [9.17, 15) is 0 Å². The lowest BCUT2D eigenvalue weighted by atomic mass is 9.78. The minimum atomic E-state index is 0.462. The van der Waals surface area contributed by atoms with Crippen LogP contribution in [0.5, 0.6) is 0 Å². The molecule has 84 valence electrons. The fourth-order valence-corrected chi connectivity index (χ4v) is 2.87. The van der Waals surface area contributed by atoms with E-state index in [-0.39, 0.29) is 0 Å². The van der Waals surface area contributed by atoms with Crippen molar-refractivity contribution in [1.29, 1.82) is 0 Å². The van der Waals surface area contributed by atoms with Crippen LogP contribution < -0.4 is 0 Å². The number of likely N-dealkylation sites (tertiary alicyclic amines) is 1. The van der Waals surface area contributed by atoms with Gasteiger partial charge in [-0.15, -0.1) is 0 Å². The molecule has 4 nitrogen and oxygen atoms in total. The van der Waals surface area contributed by atoms with E-state index in [1.165, 1.54) is 25.3 Å². The van der Waals surface area contributed by atoms with Crippen molar-refractivity contribution < 1.29 is 4.74 Å². The zero-order valence-electron chi connectivity index (χ0n) is 9.41. The average molecular weight is 209 g/mol. The molecule has 0 saturated carbocycles. The van der Waals surface area contributed by atoms with Crippen LogP contribution in [0.1, 0.15) is 12.8 Å². The van der Waals surface area contributed by atoms with Gasteiger partial charge in [0.2, 0.25) is 0 Å². The fourth-order valence-electron chi connectivity index (χ4n) is 2.87. The molecule has 0 radical (unpaired) electrons. The molecule has 15 heavy (non-hydrogen) atoms. The zero-order valence-corrected chi connectivity index (χ0v) is 9.41. The van der Waals surface area contributed by atoms with Crippen molar-refractivity contribution in [3.63, 3.8) is 0 Å². The lowest BCUT2D eigenvalue weighted by Crippen LogP contribution is -2.57. The molecule has 0 aromatic heterocycles. The lowest BCUT2D eigenvalue weighted by Gasteiger charge is -2.49. The van der Waals surface area contributed by atoms with Crippen LogP contribution in [0.15, 0.2) is 4.99 Å². The second-order valence-corrected chi connectivity index (χ2v) is 5.12. The van der Waals surface area contributed by atoms with Gasteiger partial charge in [0.25, 0.3) is 0 Å². The molecule has 0 aliphatic carbocycles. The van der Waals surface area contributed by atoms with Crippen LogP contribution in [0.25, 0.3) is 0 Å². The van der Waals surface area contributed by atoms with Crippen molar-refractivity contribution in [3.8, 4) is 0 Å². The molecule has 0 aromatic carbocycles. The standard InChI is InChI=1S/C11H19N3O/c1-13-6-4-12-10(13)14-5-2-3-11(7-14)8-15-9-11/h2-9H2,1H3. The van der Waals surface area contributed by atoms with Crippen LogP contribution in [0.2, 0.25) is 0 Å². The summed E-state index contributed by atoms with van der Waals surface area (Å²) >= 11 is 0. The van der Waals surface area contributed by atoms with Gasteiger partial charge in [-0.3, -0.25) is 4.99 Å². The number of likely N-dealkylation sites (N-methyl/N-ethyl adjacent to an activating group) is 1. The lowest BCUT2D eigenvalue weighted by molar-refractivity contribution is -0.136. The van der Waals surface area contributed by atoms with Gasteiger partial charge in [-0.05, 0) is 12.8 Å². The fraction of sp³-hybridized carbons (Fsp3) is 0.909. The molecular weight excluding hydrogens is 190 g/mol. The largest absolute Gasteiger partial charge is 0.380 e. The van der Waals surface area contributed by atoms with Crippen molar-refractivity contribution in [2.24, 2.45) is 10.4 Å². The SMILES string of the molecule is CN1CCN=C1N1CCCC2(COC2)C1. The van der Waals surface area contributed by atoms with Gasteiger partial charge >= 0.3 is 0 Å². The highest BCUT2D eigenvalue weighted by Gasteiger charge is 2.43. The molecule has 0 amide bonds. The Balaban J connectivity index is 1.71. The number of guanidine groups is 1. The third-order valence-corrected chi connectivity index (χ3v) is 3.79. The maximum absolute atomic E-state index is 5.37. The highest BCUT2D eigenvalue weighted by molar-refractivity contribution is 5.81. The molecule has 2 saturated heterocycles. The van der Waals surface area contributed by atoms with E-state index in [2.05, 4.69) is 21.8 Å². The topological polar surface area (TPSA) is 28.1 Å². The zero-order chi connectivity index (χ0) is 10.3. The molecule has 0 aromatic rings. The number of piperidine rings is 1. The Morgan fingerprint density at radius 2 is 2.20 bits per heavy atom. The van der Waals surface area contributed by atoms with E-state index >= 15 is 0 Å². The number of ether oxygens (including phenoxy) is 1. The van der Waals surface area contributed by atoms with Gasteiger partial charge in [0.05, 0.1) is 19.8 Å². The van der Waals surface area contributed by atoms with Gasteiger partial charge in [0.1, 0.15) is 0 Å². The Bertz CT molecular complexity index is 286. The molecular formula is C11H19N3O. The van der Waals surface area contributed by atoms with Crippen LogP contribution in [0, 0.1) is 5.41 Å². The Hall–Kier alpha value is -0.770. The molecule has 0 atom stereocenters. The van der Waals surface area contributed by atoms with E-state index in [1.807, 2.05) is 0 Å². The van der Waals surface area contributed by atoms with Gasteiger partial charge in [0.15, 0.2) is 5.96 Å². The van der Waals surface area contributed by atoms with Gasteiger partial charge < -0.3 is 14.5 Å². The highest BCUT2D eigenvalue weighted by atomic mass is 16.5. The summed E-state index contributed by atoms with van der Waals surface area (Å²) < 4.78 is 5.37. The second kappa shape index (κ2) is 3.37. The summed E-state index contributed by atoms with van der Waals surface area (Å²) in [6.45, 7) is 6.28. The normalized spacial score (nSPS) is 29.3. The molecule has 3 aliphatic rings. The maximum Gasteiger partial charge on any atom is 0.196 e. The highest BCUT2D eigenvalue weighted by Crippen LogP contribution is 2.37. The van der Waals surface area contributed by atoms with Gasteiger partial charge in [-0.2, -0.15) is 0 Å². The van der Waals surface area contributed by atoms with Gasteiger partial charge in [0, 0.05) is 32.1 Å². The summed E-state index contributed by atoms with van der Waals surface area (Å²) in [5.41, 5.74) is 0.462. The van der Waals surface area contributed by atoms with Gasteiger partial charge in [-0.25, -0.2) is 0 Å². The number of hydrogen-bond donors (Lipinski definition) is 0. The first kappa shape index (κ1) is 9.46. The Morgan fingerprint density at radius 1 is 1.33 bits per heavy atom. The molecule has 3 rings (SSSR count). The van der Waals surface area contributed by atoms with E-state index in [1.54, 1.807) is 0 Å². The number of aliphatic imine (C=N–C) groups is 1. The maximum atomic E-state index is 5.37. The number of rotatable bonds is 0.